The molecule has 3 saturated heterocycles. The Hall–Kier alpha value is -2.22. The maximum atomic E-state index is 13.8. The van der Waals surface area contributed by atoms with Crippen molar-refractivity contribution in [2.75, 3.05) is 16.8 Å². The largest absolute Gasteiger partial charge is 0.323 e. The zero-order valence-corrected chi connectivity index (χ0v) is 18.1. The SMILES string of the molecule is O=C1[C@@H]2[C@@H]3CCCN3[C@]3(C(=O)Nc4c(Cl)cccc43)[C@H]2C(=O)N1c1ccc(Br)cc1. The van der Waals surface area contributed by atoms with Crippen molar-refractivity contribution in [3.05, 3.63) is 57.5 Å². The molecule has 4 heterocycles. The molecule has 30 heavy (non-hydrogen) atoms. The lowest BCUT2D eigenvalue weighted by molar-refractivity contribution is -0.135. The van der Waals surface area contributed by atoms with Crippen LogP contribution in [-0.2, 0) is 19.9 Å². The lowest BCUT2D eigenvalue weighted by Crippen LogP contribution is -2.54. The van der Waals surface area contributed by atoms with Gasteiger partial charge in [0, 0.05) is 16.1 Å². The Kier molecular flexibility index (Phi) is 3.80. The summed E-state index contributed by atoms with van der Waals surface area (Å²) in [5.41, 5.74) is 0.603. The van der Waals surface area contributed by atoms with E-state index >= 15 is 0 Å². The maximum Gasteiger partial charge on any atom is 0.250 e. The zero-order valence-electron chi connectivity index (χ0n) is 15.8. The second-order valence-corrected chi connectivity index (χ2v) is 9.60. The highest BCUT2D eigenvalue weighted by molar-refractivity contribution is 9.10. The van der Waals surface area contributed by atoms with Gasteiger partial charge in [0.15, 0.2) is 0 Å². The fourth-order valence-corrected chi connectivity index (χ4v) is 6.53. The first-order valence-electron chi connectivity index (χ1n) is 9.97. The Bertz CT molecular complexity index is 1140. The number of carbonyl (C=O) groups is 3. The minimum absolute atomic E-state index is 0.137. The third-order valence-electron chi connectivity index (χ3n) is 7.06. The molecule has 2 aromatic rings. The third-order valence-corrected chi connectivity index (χ3v) is 7.91. The van der Waals surface area contributed by atoms with Crippen molar-refractivity contribution in [3.8, 4) is 0 Å². The first kappa shape index (κ1) is 18.5. The second-order valence-electron chi connectivity index (χ2n) is 8.28. The summed E-state index contributed by atoms with van der Waals surface area (Å²) >= 11 is 9.78. The van der Waals surface area contributed by atoms with Gasteiger partial charge in [-0.05, 0) is 49.7 Å². The van der Waals surface area contributed by atoms with Crippen LogP contribution in [-0.4, -0.2) is 35.2 Å². The number of hydrogen-bond acceptors (Lipinski definition) is 4. The Morgan fingerprint density at radius 2 is 1.83 bits per heavy atom. The van der Waals surface area contributed by atoms with Crippen molar-refractivity contribution in [1.29, 1.82) is 0 Å². The van der Waals surface area contributed by atoms with E-state index in [2.05, 4.69) is 26.1 Å². The fraction of sp³-hybridized carbons (Fsp3) is 0.318. The minimum Gasteiger partial charge on any atom is -0.323 e. The van der Waals surface area contributed by atoms with Crippen molar-refractivity contribution < 1.29 is 14.4 Å². The van der Waals surface area contributed by atoms with E-state index in [0.29, 0.717) is 28.5 Å². The topological polar surface area (TPSA) is 69.7 Å². The number of anilines is 2. The number of halogens is 2. The van der Waals surface area contributed by atoms with E-state index in [-0.39, 0.29) is 23.8 Å². The lowest BCUT2D eigenvalue weighted by atomic mass is 9.75. The number of imide groups is 1. The van der Waals surface area contributed by atoms with Gasteiger partial charge in [0.2, 0.25) is 11.8 Å². The summed E-state index contributed by atoms with van der Waals surface area (Å²) in [6.45, 7) is 0.676. The molecule has 2 aromatic carbocycles. The summed E-state index contributed by atoms with van der Waals surface area (Å²) in [6, 6.07) is 12.4. The van der Waals surface area contributed by atoms with E-state index in [0.717, 1.165) is 17.3 Å². The molecule has 0 bridgehead atoms. The molecule has 8 heteroatoms. The minimum atomic E-state index is -1.19. The molecule has 1 spiro atoms. The number of carbonyl (C=O) groups excluding carboxylic acids is 3. The number of para-hydroxylation sites is 1. The van der Waals surface area contributed by atoms with Gasteiger partial charge >= 0.3 is 0 Å². The van der Waals surface area contributed by atoms with Crippen molar-refractivity contribution in [2.45, 2.75) is 24.4 Å². The van der Waals surface area contributed by atoms with E-state index in [1.165, 1.54) is 4.90 Å². The maximum absolute atomic E-state index is 13.8. The van der Waals surface area contributed by atoms with Crippen LogP contribution < -0.4 is 10.2 Å². The summed E-state index contributed by atoms with van der Waals surface area (Å²) in [5, 5.41) is 3.36. The van der Waals surface area contributed by atoms with Gasteiger partial charge in [-0.1, -0.05) is 39.7 Å². The summed E-state index contributed by atoms with van der Waals surface area (Å²) in [6.07, 6.45) is 1.68. The summed E-state index contributed by atoms with van der Waals surface area (Å²) < 4.78 is 0.864. The van der Waals surface area contributed by atoms with E-state index in [1.54, 1.807) is 36.4 Å². The third kappa shape index (κ3) is 2.05. The fourth-order valence-electron chi connectivity index (χ4n) is 6.04. The van der Waals surface area contributed by atoms with Gasteiger partial charge in [-0.3, -0.25) is 19.3 Å². The van der Waals surface area contributed by atoms with Gasteiger partial charge in [-0.15, -0.1) is 0 Å². The summed E-state index contributed by atoms with van der Waals surface area (Å²) in [7, 11) is 0. The Morgan fingerprint density at radius 3 is 2.60 bits per heavy atom. The molecule has 3 amide bonds. The molecule has 0 aliphatic carbocycles. The molecule has 3 fully saturated rings. The molecule has 152 valence electrons. The van der Waals surface area contributed by atoms with Crippen LogP contribution in [0.3, 0.4) is 0 Å². The molecule has 6 nitrogen and oxygen atoms in total. The number of benzene rings is 2. The quantitative estimate of drug-likeness (QED) is 0.626. The number of amides is 3. The second kappa shape index (κ2) is 6.15. The highest BCUT2D eigenvalue weighted by atomic mass is 79.9. The van der Waals surface area contributed by atoms with Gasteiger partial charge in [0.25, 0.3) is 5.91 Å². The molecular weight excluding hydrogens is 470 g/mol. The molecule has 4 aliphatic rings. The van der Waals surface area contributed by atoms with Crippen LogP contribution >= 0.6 is 27.5 Å². The van der Waals surface area contributed by atoms with Crippen LogP contribution in [0, 0.1) is 11.8 Å². The van der Waals surface area contributed by atoms with E-state index < -0.39 is 17.4 Å². The number of hydrogen-bond donors (Lipinski definition) is 1. The Balaban J connectivity index is 1.56. The van der Waals surface area contributed by atoms with Crippen LogP contribution in [0.25, 0.3) is 0 Å². The Morgan fingerprint density at radius 1 is 1.07 bits per heavy atom. The van der Waals surface area contributed by atoms with Crippen LogP contribution in [0.5, 0.6) is 0 Å². The summed E-state index contributed by atoms with van der Waals surface area (Å²) in [4.78, 5) is 44.2. The molecule has 4 atom stereocenters. The smallest absolute Gasteiger partial charge is 0.250 e. The van der Waals surface area contributed by atoms with Crippen molar-refractivity contribution in [3.63, 3.8) is 0 Å². The summed E-state index contributed by atoms with van der Waals surface area (Å²) in [5.74, 6) is -2.10. The van der Waals surface area contributed by atoms with Gasteiger partial charge in [0.05, 0.1) is 28.2 Å². The zero-order chi connectivity index (χ0) is 20.8. The van der Waals surface area contributed by atoms with Crippen LogP contribution in [0.4, 0.5) is 11.4 Å². The van der Waals surface area contributed by atoms with Crippen LogP contribution in [0.2, 0.25) is 5.02 Å². The molecule has 1 N–H and O–H groups in total. The number of nitrogens with one attached hydrogen (secondary N) is 1. The number of nitrogens with zero attached hydrogens (tertiary/aromatic N) is 2. The normalized spacial score (nSPS) is 32.0. The van der Waals surface area contributed by atoms with Gasteiger partial charge in [-0.25, -0.2) is 4.90 Å². The highest BCUT2D eigenvalue weighted by Crippen LogP contribution is 2.61. The molecule has 6 rings (SSSR count). The monoisotopic (exact) mass is 485 g/mol. The first-order chi connectivity index (χ1) is 14.5. The Labute approximate surface area is 186 Å². The predicted molar refractivity (Wildman–Crippen MR) is 115 cm³/mol. The van der Waals surface area contributed by atoms with Crippen molar-refractivity contribution >= 4 is 56.6 Å². The van der Waals surface area contributed by atoms with E-state index in [4.69, 9.17) is 11.6 Å². The highest BCUT2D eigenvalue weighted by Gasteiger charge is 2.74. The average molecular weight is 487 g/mol. The van der Waals surface area contributed by atoms with Gasteiger partial charge in [-0.2, -0.15) is 0 Å². The van der Waals surface area contributed by atoms with Crippen LogP contribution in [0.1, 0.15) is 18.4 Å². The average Bonchev–Trinajstić information content (AvgIpc) is 3.42. The van der Waals surface area contributed by atoms with Crippen molar-refractivity contribution in [1.82, 2.24) is 4.90 Å². The molecular formula is C22H17BrClN3O3. The number of rotatable bonds is 1. The molecule has 0 radical (unpaired) electrons. The predicted octanol–water partition coefficient (Wildman–Crippen LogP) is 3.53. The van der Waals surface area contributed by atoms with E-state index in [1.807, 2.05) is 6.07 Å². The molecule has 0 saturated carbocycles. The number of fused-ring (bicyclic) bond motifs is 7. The lowest BCUT2D eigenvalue weighted by Gasteiger charge is -2.36. The molecule has 0 aromatic heterocycles. The van der Waals surface area contributed by atoms with Gasteiger partial charge < -0.3 is 5.32 Å². The van der Waals surface area contributed by atoms with Gasteiger partial charge in [0.1, 0.15) is 5.54 Å². The van der Waals surface area contributed by atoms with Crippen LogP contribution in [0.15, 0.2) is 46.9 Å². The first-order valence-corrected chi connectivity index (χ1v) is 11.1. The molecule has 4 aliphatic heterocycles. The molecule has 0 unspecified atom stereocenters. The van der Waals surface area contributed by atoms with Crippen molar-refractivity contribution in [2.24, 2.45) is 11.8 Å². The van der Waals surface area contributed by atoms with E-state index in [9.17, 15) is 14.4 Å². The standard InChI is InChI=1S/C22H17BrClN3O3/c23-11-6-8-12(9-7-11)27-19(28)16-15-5-2-10-26(15)22(17(16)20(27)29)13-3-1-4-14(24)18(13)25-21(22)30/h1,3-4,6-9,15-17H,2,5,10H2,(H,25,30)/t15-,16+,17+,22-/m0/s1.